The van der Waals surface area contributed by atoms with Crippen LogP contribution in [-0.2, 0) is 0 Å². The third-order valence-electron chi connectivity index (χ3n) is 1.40. The van der Waals surface area contributed by atoms with Gasteiger partial charge in [0, 0.05) is 5.57 Å². The van der Waals surface area contributed by atoms with Crippen LogP contribution in [0.4, 0.5) is 0 Å². The summed E-state index contributed by atoms with van der Waals surface area (Å²) in [5.41, 5.74) is 0.0556. The van der Waals surface area contributed by atoms with Crippen LogP contribution in [0.1, 0.15) is 13.8 Å². The van der Waals surface area contributed by atoms with E-state index in [2.05, 4.69) is 0 Å². The van der Waals surface area contributed by atoms with Crippen LogP contribution in [0.15, 0.2) is 11.3 Å². The van der Waals surface area contributed by atoms with E-state index in [9.17, 15) is 0 Å². The smallest absolute Gasteiger partial charge is 0.125 e. The zero-order valence-corrected chi connectivity index (χ0v) is 6.65. The minimum Gasteiger partial charge on any atom is -0.509 e. The van der Waals surface area contributed by atoms with E-state index in [1.165, 1.54) is 13.8 Å². The van der Waals surface area contributed by atoms with Crippen molar-refractivity contribution < 1.29 is 20.4 Å². The maximum Gasteiger partial charge on any atom is 0.125 e. The predicted octanol–water partition coefficient (Wildman–Crippen LogP) is -0.448. The number of hydrogen-bond donors (Lipinski definition) is 4. The number of aliphatic hydroxyl groups excluding tert-OH is 4. The summed E-state index contributed by atoms with van der Waals surface area (Å²) in [5.74, 6) is -0.359. The van der Waals surface area contributed by atoms with Crippen molar-refractivity contribution in [2.24, 2.45) is 0 Å². The lowest BCUT2D eigenvalue weighted by Crippen LogP contribution is -2.17. The summed E-state index contributed by atoms with van der Waals surface area (Å²) in [6, 6.07) is 0. The molecular weight excluding hydrogens is 148 g/mol. The van der Waals surface area contributed by atoms with Crippen LogP contribution in [0, 0.1) is 0 Å². The Hall–Kier alpha value is -0.580. The molecule has 0 aliphatic heterocycles. The average molecular weight is 162 g/mol. The van der Waals surface area contributed by atoms with Crippen LogP contribution in [-0.4, -0.2) is 39.2 Å². The van der Waals surface area contributed by atoms with Gasteiger partial charge in [-0.2, -0.15) is 0 Å². The van der Waals surface area contributed by atoms with E-state index in [4.69, 9.17) is 20.4 Å². The van der Waals surface area contributed by atoms with Crippen LogP contribution in [0.2, 0.25) is 0 Å². The summed E-state index contributed by atoms with van der Waals surface area (Å²) in [6.45, 7) is 2.31. The van der Waals surface area contributed by atoms with Gasteiger partial charge in [-0.05, 0) is 13.8 Å². The number of rotatable bonds is 3. The van der Waals surface area contributed by atoms with E-state index < -0.39 is 18.8 Å². The highest BCUT2D eigenvalue weighted by molar-refractivity contribution is 5.14. The normalized spacial score (nSPS) is 19.0. The molecule has 0 aromatic rings. The molecule has 0 aromatic carbocycles. The Morgan fingerprint density at radius 3 is 1.73 bits per heavy atom. The van der Waals surface area contributed by atoms with Gasteiger partial charge in [0.2, 0.25) is 0 Å². The molecule has 0 aliphatic rings. The Balaban J connectivity index is 4.54. The largest absolute Gasteiger partial charge is 0.509 e. The first kappa shape index (κ1) is 10.4. The van der Waals surface area contributed by atoms with Gasteiger partial charge in [-0.25, -0.2) is 0 Å². The second-order valence-electron chi connectivity index (χ2n) is 2.42. The highest BCUT2D eigenvalue weighted by Crippen LogP contribution is 2.09. The van der Waals surface area contributed by atoms with E-state index in [1.807, 2.05) is 0 Å². The topological polar surface area (TPSA) is 80.9 Å². The molecule has 66 valence electrons. The molecule has 0 radical (unpaired) electrons. The molecular formula is C7H14O4. The second-order valence-corrected chi connectivity index (χ2v) is 2.42. The molecule has 4 N–H and O–H groups in total. The molecule has 0 amide bonds. The summed E-state index contributed by atoms with van der Waals surface area (Å²) < 4.78 is 0. The summed E-state index contributed by atoms with van der Waals surface area (Å²) in [5, 5.41) is 35.5. The Kier molecular flexibility index (Phi) is 4.10. The first-order valence-electron chi connectivity index (χ1n) is 3.39. The highest BCUT2D eigenvalue weighted by atomic mass is 16.3. The van der Waals surface area contributed by atoms with Gasteiger partial charge in [0.05, 0.1) is 12.7 Å². The molecule has 11 heavy (non-hydrogen) atoms. The Labute approximate surface area is 65.4 Å². The summed E-state index contributed by atoms with van der Waals surface area (Å²) >= 11 is 0. The predicted molar refractivity (Wildman–Crippen MR) is 40.1 cm³/mol. The summed E-state index contributed by atoms with van der Waals surface area (Å²) in [7, 11) is 0. The van der Waals surface area contributed by atoms with Crippen molar-refractivity contribution in [3.8, 4) is 0 Å². The van der Waals surface area contributed by atoms with Gasteiger partial charge < -0.3 is 20.4 Å². The molecule has 0 heterocycles. The SMILES string of the molecule is CC(O)/C(O)=C(/CO)C(C)O. The van der Waals surface area contributed by atoms with Crippen molar-refractivity contribution in [3.63, 3.8) is 0 Å². The molecule has 0 saturated heterocycles. The molecule has 2 atom stereocenters. The lowest BCUT2D eigenvalue weighted by molar-refractivity contribution is 0.143. The van der Waals surface area contributed by atoms with Crippen LogP contribution < -0.4 is 0 Å². The van der Waals surface area contributed by atoms with Gasteiger partial charge in [-0.3, -0.25) is 0 Å². The van der Waals surface area contributed by atoms with Crippen LogP contribution in [0.25, 0.3) is 0 Å². The van der Waals surface area contributed by atoms with E-state index in [-0.39, 0.29) is 11.3 Å². The molecule has 0 fully saturated rings. The zero-order valence-electron chi connectivity index (χ0n) is 6.65. The molecule has 0 aliphatic carbocycles. The fourth-order valence-electron chi connectivity index (χ4n) is 0.695. The Bertz CT molecular complexity index is 149. The maximum absolute atomic E-state index is 9.07. The molecule has 0 aromatic heterocycles. The Morgan fingerprint density at radius 2 is 1.64 bits per heavy atom. The van der Waals surface area contributed by atoms with Crippen molar-refractivity contribution in [1.82, 2.24) is 0 Å². The fourth-order valence-corrected chi connectivity index (χ4v) is 0.695. The monoisotopic (exact) mass is 162 g/mol. The molecule has 0 spiro atoms. The second kappa shape index (κ2) is 4.33. The van der Waals surface area contributed by atoms with E-state index >= 15 is 0 Å². The van der Waals surface area contributed by atoms with E-state index in [0.717, 1.165) is 0 Å². The summed E-state index contributed by atoms with van der Waals surface area (Å²) in [4.78, 5) is 0. The molecule has 4 heteroatoms. The minimum atomic E-state index is -1.05. The third kappa shape index (κ3) is 2.88. The molecule has 0 rings (SSSR count). The van der Waals surface area contributed by atoms with Crippen molar-refractivity contribution in [2.45, 2.75) is 26.1 Å². The lowest BCUT2D eigenvalue weighted by Gasteiger charge is -2.12. The molecule has 0 bridgehead atoms. The van der Waals surface area contributed by atoms with Gasteiger partial charge in [0.25, 0.3) is 0 Å². The van der Waals surface area contributed by atoms with Crippen molar-refractivity contribution in [2.75, 3.05) is 6.61 Å². The summed E-state index contributed by atoms with van der Waals surface area (Å²) in [6.07, 6.45) is -1.98. The first-order valence-corrected chi connectivity index (χ1v) is 3.39. The van der Waals surface area contributed by atoms with Crippen molar-refractivity contribution in [1.29, 1.82) is 0 Å². The van der Waals surface area contributed by atoms with Gasteiger partial charge >= 0.3 is 0 Å². The van der Waals surface area contributed by atoms with Crippen LogP contribution in [0.3, 0.4) is 0 Å². The zero-order chi connectivity index (χ0) is 9.02. The highest BCUT2D eigenvalue weighted by Gasteiger charge is 2.13. The minimum absolute atomic E-state index is 0.0556. The molecule has 0 saturated carbocycles. The first-order chi connectivity index (χ1) is 5.00. The van der Waals surface area contributed by atoms with Gasteiger partial charge in [-0.1, -0.05) is 0 Å². The van der Waals surface area contributed by atoms with E-state index in [0.29, 0.717) is 0 Å². The van der Waals surface area contributed by atoms with Gasteiger partial charge in [-0.15, -0.1) is 0 Å². The van der Waals surface area contributed by atoms with Gasteiger partial charge in [0.1, 0.15) is 11.9 Å². The Morgan fingerprint density at radius 1 is 1.18 bits per heavy atom. The molecule has 4 nitrogen and oxygen atoms in total. The number of hydrogen-bond acceptors (Lipinski definition) is 4. The lowest BCUT2D eigenvalue weighted by atomic mass is 10.1. The van der Waals surface area contributed by atoms with Crippen molar-refractivity contribution >= 4 is 0 Å². The maximum atomic E-state index is 9.07. The standard InChI is InChI=1S/C7H14O4/c1-4(9)6(3-8)7(11)5(2)10/h4-5,8-11H,3H2,1-2H3/b7-6+. The van der Waals surface area contributed by atoms with E-state index in [1.54, 1.807) is 0 Å². The van der Waals surface area contributed by atoms with Gasteiger partial charge in [0.15, 0.2) is 0 Å². The van der Waals surface area contributed by atoms with Crippen molar-refractivity contribution in [3.05, 3.63) is 11.3 Å². The third-order valence-corrected chi connectivity index (χ3v) is 1.40. The average Bonchev–Trinajstić information content (AvgIpc) is 1.88. The quantitative estimate of drug-likeness (QED) is 0.424. The van der Waals surface area contributed by atoms with Crippen LogP contribution in [0.5, 0.6) is 0 Å². The fraction of sp³-hybridized carbons (Fsp3) is 0.714. The number of aliphatic hydroxyl groups is 4. The van der Waals surface area contributed by atoms with Crippen LogP contribution >= 0.6 is 0 Å². The molecule has 2 unspecified atom stereocenters.